The number of aromatic nitrogens is 1. The maximum atomic E-state index is 13.6. The third kappa shape index (κ3) is 5.76. The van der Waals surface area contributed by atoms with Crippen molar-refractivity contribution in [2.75, 3.05) is 13.7 Å². The van der Waals surface area contributed by atoms with Gasteiger partial charge >= 0.3 is 5.97 Å². The number of ether oxygens (including phenoxy) is 2. The second-order valence-corrected chi connectivity index (χ2v) is 12.0. The largest absolute Gasteiger partial charge is 0.497 e. The molecule has 194 valence electrons. The molecule has 0 spiro atoms. The van der Waals surface area contributed by atoms with E-state index in [1.54, 1.807) is 7.11 Å². The number of hydrogen-bond donors (Lipinski definition) is 0. The predicted octanol–water partition coefficient (Wildman–Crippen LogP) is 7.16. The summed E-state index contributed by atoms with van der Waals surface area (Å²) in [6.07, 6.45) is 3.73. The van der Waals surface area contributed by atoms with E-state index in [4.69, 9.17) is 14.5 Å². The summed E-state index contributed by atoms with van der Waals surface area (Å²) in [6, 6.07) is 15.6. The van der Waals surface area contributed by atoms with Gasteiger partial charge < -0.3 is 9.47 Å². The molecule has 0 amide bonds. The second kappa shape index (κ2) is 10.1. The van der Waals surface area contributed by atoms with Gasteiger partial charge in [-0.15, -0.1) is 0 Å². The van der Waals surface area contributed by atoms with Crippen molar-refractivity contribution in [2.45, 2.75) is 54.4 Å². The fourth-order valence-corrected chi connectivity index (χ4v) is 4.69. The number of fused-ring (bicyclic) bond motifs is 2. The summed E-state index contributed by atoms with van der Waals surface area (Å²) in [7, 11) is 1.66. The quantitative estimate of drug-likeness (QED) is 0.348. The van der Waals surface area contributed by atoms with Gasteiger partial charge in [-0.1, -0.05) is 71.9 Å². The number of carbonyl (C=O) groups excluding carboxylic acids is 2. The van der Waals surface area contributed by atoms with Crippen LogP contribution in [0.1, 0.15) is 75.1 Å². The summed E-state index contributed by atoms with van der Waals surface area (Å²) in [5.74, 6) is 0.527. The van der Waals surface area contributed by atoms with Crippen molar-refractivity contribution in [1.82, 2.24) is 4.98 Å². The van der Waals surface area contributed by atoms with Gasteiger partial charge in [0.25, 0.3) is 0 Å². The molecule has 3 aromatic rings. The van der Waals surface area contributed by atoms with Gasteiger partial charge in [-0.25, -0.2) is 9.78 Å². The summed E-state index contributed by atoms with van der Waals surface area (Å²) < 4.78 is 11.0. The molecule has 1 atom stereocenters. The van der Waals surface area contributed by atoms with Gasteiger partial charge in [0.2, 0.25) is 0 Å². The molecule has 0 N–H and O–H groups in total. The number of allylic oxidation sites excluding steroid dienone is 1. The van der Waals surface area contributed by atoms with Gasteiger partial charge in [0.15, 0.2) is 12.4 Å². The summed E-state index contributed by atoms with van der Waals surface area (Å²) in [4.78, 5) is 31.2. The van der Waals surface area contributed by atoms with Crippen molar-refractivity contribution in [3.05, 3.63) is 70.9 Å². The van der Waals surface area contributed by atoms with E-state index in [2.05, 4.69) is 26.8 Å². The van der Waals surface area contributed by atoms with Gasteiger partial charge in [-0.05, 0) is 65.1 Å². The number of nitrogens with zero attached hydrogens (tertiary/aromatic N) is 1. The first-order valence-electron chi connectivity index (χ1n) is 12.9. The van der Waals surface area contributed by atoms with Gasteiger partial charge in [-0.3, -0.25) is 4.79 Å². The molecule has 0 aliphatic heterocycles. The molecule has 1 aliphatic rings. The zero-order valence-electron chi connectivity index (χ0n) is 23.0. The van der Waals surface area contributed by atoms with Crippen LogP contribution in [0.3, 0.4) is 0 Å². The lowest BCUT2D eigenvalue weighted by atomic mass is 9.69. The van der Waals surface area contributed by atoms with E-state index in [1.165, 1.54) is 0 Å². The maximum Gasteiger partial charge on any atom is 0.339 e. The summed E-state index contributed by atoms with van der Waals surface area (Å²) in [5.41, 5.74) is 4.59. The van der Waals surface area contributed by atoms with Crippen molar-refractivity contribution < 1.29 is 19.1 Å². The lowest BCUT2D eigenvalue weighted by Crippen LogP contribution is -2.30. The van der Waals surface area contributed by atoms with Crippen molar-refractivity contribution in [3.63, 3.8) is 0 Å². The number of benzene rings is 2. The lowest BCUT2D eigenvalue weighted by Gasteiger charge is -2.36. The molecule has 1 aromatic heterocycles. The number of para-hydroxylation sites is 1. The number of ketones is 1. The fourth-order valence-electron chi connectivity index (χ4n) is 4.69. The summed E-state index contributed by atoms with van der Waals surface area (Å²) in [6.45, 7) is 12.0. The molecule has 1 heterocycles. The minimum Gasteiger partial charge on any atom is -0.497 e. The monoisotopic (exact) mass is 499 g/mol. The van der Waals surface area contributed by atoms with Gasteiger partial charge in [0, 0.05) is 10.8 Å². The van der Waals surface area contributed by atoms with Crippen LogP contribution in [0.2, 0.25) is 0 Å². The van der Waals surface area contributed by atoms with Crippen LogP contribution in [-0.2, 0) is 16.0 Å². The number of hydrogen-bond acceptors (Lipinski definition) is 5. The standard InChI is InChI=1S/C32H37NO4/c1-31(2,3)22-17-21(16-20-12-14-23(36-7)15-13-20)29-25(18-22)28(24-10-8-9-11-26(24)33-29)30(35)37-19-27(34)32(4,5)6/h8-16,22H,17-19H2,1-7H3. The normalized spacial score (nSPS) is 16.9. The Bertz CT molecular complexity index is 1350. The van der Waals surface area contributed by atoms with E-state index in [0.717, 1.165) is 45.5 Å². The molecule has 0 radical (unpaired) electrons. The summed E-state index contributed by atoms with van der Waals surface area (Å²) >= 11 is 0. The van der Waals surface area contributed by atoms with E-state index in [-0.39, 0.29) is 17.8 Å². The van der Waals surface area contributed by atoms with Gasteiger partial charge in [-0.2, -0.15) is 0 Å². The van der Waals surface area contributed by atoms with Crippen LogP contribution >= 0.6 is 0 Å². The molecule has 1 aliphatic carbocycles. The smallest absolute Gasteiger partial charge is 0.339 e. The van der Waals surface area contributed by atoms with Crippen LogP contribution in [0, 0.1) is 16.7 Å². The van der Waals surface area contributed by atoms with Gasteiger partial charge in [0.05, 0.1) is 23.9 Å². The number of methoxy groups -OCH3 is 1. The predicted molar refractivity (Wildman–Crippen MR) is 149 cm³/mol. The van der Waals surface area contributed by atoms with E-state index < -0.39 is 11.4 Å². The highest BCUT2D eigenvalue weighted by atomic mass is 16.5. The average Bonchev–Trinajstić information content (AvgIpc) is 2.85. The number of rotatable bonds is 5. The zero-order valence-corrected chi connectivity index (χ0v) is 23.0. The highest BCUT2D eigenvalue weighted by Gasteiger charge is 2.35. The molecule has 0 bridgehead atoms. The Balaban J connectivity index is 1.87. The molecular formula is C32H37NO4. The highest BCUT2D eigenvalue weighted by molar-refractivity contribution is 6.07. The first kappa shape index (κ1) is 26.6. The molecule has 0 saturated heterocycles. The third-order valence-electron chi connectivity index (χ3n) is 7.27. The van der Waals surface area contributed by atoms with Crippen molar-refractivity contribution in [1.29, 1.82) is 0 Å². The Labute approximate surface area is 219 Å². The molecular weight excluding hydrogens is 462 g/mol. The first-order chi connectivity index (χ1) is 17.4. The van der Waals surface area contributed by atoms with Crippen molar-refractivity contribution in [3.8, 4) is 5.75 Å². The van der Waals surface area contributed by atoms with Crippen LogP contribution in [0.25, 0.3) is 22.6 Å². The first-order valence-corrected chi connectivity index (χ1v) is 12.9. The molecule has 0 fully saturated rings. The Morgan fingerprint density at radius 1 is 0.973 bits per heavy atom. The molecule has 2 aromatic carbocycles. The Kier molecular flexibility index (Phi) is 7.27. The van der Waals surface area contributed by atoms with Crippen LogP contribution in [0.15, 0.2) is 48.5 Å². The van der Waals surface area contributed by atoms with Crippen LogP contribution in [0.5, 0.6) is 5.75 Å². The minimum absolute atomic E-state index is 0.0196. The average molecular weight is 500 g/mol. The topological polar surface area (TPSA) is 65.5 Å². The molecule has 4 rings (SSSR count). The summed E-state index contributed by atoms with van der Waals surface area (Å²) in [5, 5.41) is 0.757. The van der Waals surface area contributed by atoms with Crippen LogP contribution in [-0.4, -0.2) is 30.5 Å². The molecule has 5 nitrogen and oxygen atoms in total. The Morgan fingerprint density at radius 3 is 2.27 bits per heavy atom. The molecule has 37 heavy (non-hydrogen) atoms. The van der Waals surface area contributed by atoms with Crippen molar-refractivity contribution in [2.24, 2.45) is 16.7 Å². The van der Waals surface area contributed by atoms with Crippen LogP contribution in [0.4, 0.5) is 0 Å². The van der Waals surface area contributed by atoms with E-state index in [1.807, 2.05) is 69.3 Å². The number of carbonyl (C=O) groups is 2. The van der Waals surface area contributed by atoms with E-state index >= 15 is 0 Å². The minimum atomic E-state index is -0.578. The lowest BCUT2D eigenvalue weighted by molar-refractivity contribution is -0.129. The van der Waals surface area contributed by atoms with E-state index in [0.29, 0.717) is 17.9 Å². The second-order valence-electron chi connectivity index (χ2n) is 12.0. The maximum absolute atomic E-state index is 13.6. The number of Topliss-reactive ketones (excluding diaryl/α,β-unsaturated/α-hetero) is 1. The van der Waals surface area contributed by atoms with E-state index in [9.17, 15) is 9.59 Å². The zero-order chi connectivity index (χ0) is 27.0. The number of pyridine rings is 1. The van der Waals surface area contributed by atoms with Gasteiger partial charge in [0.1, 0.15) is 5.75 Å². The SMILES string of the molecule is COc1ccc(C=C2CC(C(C)(C)C)Cc3c2nc2ccccc2c3C(=O)OCC(=O)C(C)(C)C)cc1. The van der Waals surface area contributed by atoms with Crippen LogP contribution < -0.4 is 4.74 Å². The molecule has 1 unspecified atom stereocenters. The third-order valence-corrected chi connectivity index (χ3v) is 7.27. The number of esters is 1. The van der Waals surface area contributed by atoms with Crippen molar-refractivity contribution >= 4 is 34.3 Å². The fraction of sp³-hybridized carbons (Fsp3) is 0.406. The molecule has 5 heteroatoms. The Morgan fingerprint density at radius 2 is 1.65 bits per heavy atom. The Hall–Kier alpha value is -3.47. The molecule has 0 saturated carbocycles. The highest BCUT2D eigenvalue weighted by Crippen LogP contribution is 2.45.